The van der Waals surface area contributed by atoms with E-state index in [2.05, 4.69) is 5.32 Å². The van der Waals surface area contributed by atoms with E-state index in [1.54, 1.807) is 43.3 Å². The Hall–Kier alpha value is -2.93. The number of rotatable bonds is 8. The van der Waals surface area contributed by atoms with Crippen LogP contribution in [0.1, 0.15) is 43.7 Å². The molecule has 0 spiro atoms. The molecule has 0 saturated heterocycles. The van der Waals surface area contributed by atoms with E-state index in [4.69, 9.17) is 11.6 Å². The van der Waals surface area contributed by atoms with Crippen LogP contribution in [-0.4, -0.2) is 33.7 Å². The smallest absolute Gasteiger partial charge is 0.273 e. The molecule has 0 unspecified atom stereocenters. The molecule has 1 fully saturated rings. The number of carbonyl (C=O) groups excluding carboxylic acids is 2. The van der Waals surface area contributed by atoms with Gasteiger partial charge in [-0.3, -0.25) is 19.7 Å². The highest BCUT2D eigenvalue weighted by Gasteiger charge is 2.30. The van der Waals surface area contributed by atoms with Gasteiger partial charge in [-0.15, -0.1) is 0 Å². The van der Waals surface area contributed by atoms with Gasteiger partial charge in [-0.1, -0.05) is 60.8 Å². The first-order chi connectivity index (χ1) is 14.9. The molecule has 2 amide bonds. The average molecular weight is 444 g/mol. The van der Waals surface area contributed by atoms with Crippen LogP contribution in [0.3, 0.4) is 0 Å². The van der Waals surface area contributed by atoms with Crippen LogP contribution in [0.4, 0.5) is 5.69 Å². The van der Waals surface area contributed by atoms with Crippen molar-refractivity contribution in [2.45, 2.75) is 57.7 Å². The third kappa shape index (κ3) is 5.82. The van der Waals surface area contributed by atoms with Gasteiger partial charge in [-0.25, -0.2) is 0 Å². The normalized spacial score (nSPS) is 14.8. The molecule has 1 N–H and O–H groups in total. The Bertz CT molecular complexity index is 959. The van der Waals surface area contributed by atoms with Gasteiger partial charge in [0.25, 0.3) is 5.69 Å². The van der Waals surface area contributed by atoms with Gasteiger partial charge in [0, 0.05) is 29.2 Å². The summed E-state index contributed by atoms with van der Waals surface area (Å²) in [6.45, 7) is 1.82. The molecule has 0 aromatic heterocycles. The monoisotopic (exact) mass is 443 g/mol. The summed E-state index contributed by atoms with van der Waals surface area (Å²) in [6.07, 6.45) is 3.86. The van der Waals surface area contributed by atoms with Crippen molar-refractivity contribution in [1.29, 1.82) is 0 Å². The molecule has 31 heavy (non-hydrogen) atoms. The number of para-hydroxylation sites is 1. The van der Waals surface area contributed by atoms with Crippen molar-refractivity contribution in [3.05, 3.63) is 74.8 Å². The minimum atomic E-state index is -0.743. The highest BCUT2D eigenvalue weighted by molar-refractivity contribution is 6.31. The summed E-state index contributed by atoms with van der Waals surface area (Å²) >= 11 is 6.29. The van der Waals surface area contributed by atoms with Crippen LogP contribution in [-0.2, 0) is 22.6 Å². The second-order valence-electron chi connectivity index (χ2n) is 7.84. The van der Waals surface area contributed by atoms with Crippen molar-refractivity contribution in [3.63, 3.8) is 0 Å². The molecule has 0 aliphatic heterocycles. The van der Waals surface area contributed by atoms with E-state index in [1.165, 1.54) is 11.0 Å². The Balaban J connectivity index is 1.84. The van der Waals surface area contributed by atoms with Crippen LogP contribution in [0.25, 0.3) is 0 Å². The summed E-state index contributed by atoms with van der Waals surface area (Å²) in [7, 11) is 0. The Kier molecular flexibility index (Phi) is 7.63. The third-order valence-electron chi connectivity index (χ3n) is 5.70. The Morgan fingerprint density at radius 1 is 1.13 bits per heavy atom. The molecule has 8 heteroatoms. The number of halogens is 1. The number of nitrogens with zero attached hydrogens (tertiary/aromatic N) is 2. The molecule has 1 aliphatic rings. The van der Waals surface area contributed by atoms with E-state index in [0.29, 0.717) is 16.1 Å². The molecule has 0 heterocycles. The van der Waals surface area contributed by atoms with Gasteiger partial charge >= 0.3 is 0 Å². The highest BCUT2D eigenvalue weighted by atomic mass is 35.5. The number of hydrogen-bond acceptors (Lipinski definition) is 4. The number of amides is 2. The number of carbonyl (C=O) groups is 2. The Labute approximate surface area is 186 Å². The standard InChI is InChI=1S/C23H26ClN3O4/c1-16(23(29)25-19-10-4-5-11-19)26(15-18-9-2-6-12-20(18)24)22(28)14-17-8-3-7-13-21(17)27(30)31/h2-3,6-9,12-13,16,19H,4-5,10-11,14-15H2,1H3,(H,25,29)/t16-/m0/s1. The molecule has 0 radical (unpaired) electrons. The number of hydrogen-bond donors (Lipinski definition) is 1. The fourth-order valence-corrected chi connectivity index (χ4v) is 4.08. The first-order valence-corrected chi connectivity index (χ1v) is 10.8. The van der Waals surface area contributed by atoms with Crippen LogP contribution in [0.5, 0.6) is 0 Å². The largest absolute Gasteiger partial charge is 0.352 e. The van der Waals surface area contributed by atoms with E-state index in [0.717, 1.165) is 25.7 Å². The maximum Gasteiger partial charge on any atom is 0.273 e. The minimum Gasteiger partial charge on any atom is -0.352 e. The number of benzene rings is 2. The van der Waals surface area contributed by atoms with Crippen molar-refractivity contribution in [2.75, 3.05) is 0 Å². The van der Waals surface area contributed by atoms with Crippen LogP contribution in [0.15, 0.2) is 48.5 Å². The minimum absolute atomic E-state index is 0.114. The zero-order chi connectivity index (χ0) is 22.4. The molecule has 0 bridgehead atoms. The lowest BCUT2D eigenvalue weighted by molar-refractivity contribution is -0.385. The van der Waals surface area contributed by atoms with Crippen molar-refractivity contribution in [3.8, 4) is 0 Å². The molecule has 164 valence electrons. The van der Waals surface area contributed by atoms with E-state index in [9.17, 15) is 19.7 Å². The lowest BCUT2D eigenvalue weighted by atomic mass is 10.1. The predicted octanol–water partition coefficient (Wildman–Crippen LogP) is 4.27. The van der Waals surface area contributed by atoms with Crippen molar-refractivity contribution in [1.82, 2.24) is 10.2 Å². The van der Waals surface area contributed by atoms with Gasteiger partial charge in [0.2, 0.25) is 11.8 Å². The number of nitro benzene ring substituents is 1. The van der Waals surface area contributed by atoms with Gasteiger partial charge in [0.05, 0.1) is 11.3 Å². The van der Waals surface area contributed by atoms with Crippen LogP contribution < -0.4 is 5.32 Å². The van der Waals surface area contributed by atoms with E-state index >= 15 is 0 Å². The first kappa shape index (κ1) is 22.7. The zero-order valence-electron chi connectivity index (χ0n) is 17.4. The molecule has 1 saturated carbocycles. The van der Waals surface area contributed by atoms with Gasteiger partial charge in [0.1, 0.15) is 6.04 Å². The Morgan fingerprint density at radius 2 is 1.74 bits per heavy atom. The van der Waals surface area contributed by atoms with E-state index in [1.807, 2.05) is 6.07 Å². The van der Waals surface area contributed by atoms with Gasteiger partial charge in [0.15, 0.2) is 0 Å². The summed E-state index contributed by atoms with van der Waals surface area (Å²) in [5.74, 6) is -0.599. The SMILES string of the molecule is C[C@@H](C(=O)NC1CCCC1)N(Cc1ccccc1Cl)C(=O)Cc1ccccc1[N+](=O)[O-]. The van der Waals surface area contributed by atoms with E-state index < -0.39 is 11.0 Å². The van der Waals surface area contributed by atoms with Crippen molar-refractivity contribution < 1.29 is 14.5 Å². The molecule has 3 rings (SSSR count). The van der Waals surface area contributed by atoms with Gasteiger partial charge in [-0.05, 0) is 31.4 Å². The number of nitro groups is 1. The highest BCUT2D eigenvalue weighted by Crippen LogP contribution is 2.23. The third-order valence-corrected chi connectivity index (χ3v) is 6.07. The zero-order valence-corrected chi connectivity index (χ0v) is 18.2. The van der Waals surface area contributed by atoms with Gasteiger partial charge < -0.3 is 10.2 Å². The summed E-state index contributed by atoms with van der Waals surface area (Å²) < 4.78 is 0. The second kappa shape index (κ2) is 10.4. The summed E-state index contributed by atoms with van der Waals surface area (Å²) in [5, 5.41) is 14.9. The fourth-order valence-electron chi connectivity index (χ4n) is 3.89. The maximum atomic E-state index is 13.3. The maximum absolute atomic E-state index is 13.3. The summed E-state index contributed by atoms with van der Waals surface area (Å²) in [5.41, 5.74) is 0.905. The Morgan fingerprint density at radius 3 is 2.39 bits per heavy atom. The van der Waals surface area contributed by atoms with Crippen molar-refractivity contribution in [2.24, 2.45) is 0 Å². The average Bonchev–Trinajstić information content (AvgIpc) is 3.25. The first-order valence-electron chi connectivity index (χ1n) is 10.4. The van der Waals surface area contributed by atoms with Crippen LogP contribution in [0, 0.1) is 10.1 Å². The number of nitrogens with one attached hydrogen (secondary N) is 1. The molecular formula is C23H26ClN3O4. The molecule has 7 nitrogen and oxygen atoms in total. The van der Waals surface area contributed by atoms with Gasteiger partial charge in [-0.2, -0.15) is 0 Å². The van der Waals surface area contributed by atoms with E-state index in [-0.39, 0.29) is 36.5 Å². The summed E-state index contributed by atoms with van der Waals surface area (Å²) in [6, 6.07) is 12.7. The molecule has 2 aromatic carbocycles. The van der Waals surface area contributed by atoms with Crippen LogP contribution in [0.2, 0.25) is 5.02 Å². The second-order valence-corrected chi connectivity index (χ2v) is 8.25. The quantitative estimate of drug-likeness (QED) is 0.487. The molecule has 1 atom stereocenters. The fraction of sp³-hybridized carbons (Fsp3) is 0.391. The summed E-state index contributed by atoms with van der Waals surface area (Å²) in [4.78, 5) is 38.5. The lowest BCUT2D eigenvalue weighted by Gasteiger charge is -2.30. The molecule has 2 aromatic rings. The van der Waals surface area contributed by atoms with Crippen molar-refractivity contribution >= 4 is 29.1 Å². The van der Waals surface area contributed by atoms with Crippen LogP contribution >= 0.6 is 11.6 Å². The molecular weight excluding hydrogens is 418 g/mol. The molecule has 1 aliphatic carbocycles. The topological polar surface area (TPSA) is 92.6 Å². The lowest BCUT2D eigenvalue weighted by Crippen LogP contribution is -2.50. The predicted molar refractivity (Wildman–Crippen MR) is 119 cm³/mol.